The van der Waals surface area contributed by atoms with Crippen molar-refractivity contribution >= 4 is 29.1 Å². The van der Waals surface area contributed by atoms with Gasteiger partial charge in [-0.05, 0) is 35.4 Å². The number of amides is 1. The lowest BCUT2D eigenvalue weighted by Gasteiger charge is -2.26. The quantitative estimate of drug-likeness (QED) is 0.340. The van der Waals surface area contributed by atoms with Crippen LogP contribution in [0.4, 0.5) is 5.69 Å². The van der Waals surface area contributed by atoms with Gasteiger partial charge < -0.3 is 14.9 Å². The Bertz CT molecular complexity index is 1250. The monoisotopic (exact) mass is 443 g/mol. The number of nitrogens with zero attached hydrogens (tertiary/aromatic N) is 1. The highest BCUT2D eigenvalue weighted by Gasteiger charge is 2.47. The molecule has 1 heterocycles. The normalized spacial score (nSPS) is 17.2. The van der Waals surface area contributed by atoms with Crippen molar-refractivity contribution in [3.8, 4) is 5.75 Å². The molecule has 1 atom stereocenters. The lowest BCUT2D eigenvalue weighted by atomic mass is 9.95. The molecule has 1 amide bonds. The van der Waals surface area contributed by atoms with Crippen LogP contribution in [0.5, 0.6) is 5.75 Å². The van der Waals surface area contributed by atoms with Crippen molar-refractivity contribution in [2.24, 2.45) is 0 Å². The topological polar surface area (TPSA) is 104 Å². The molecule has 0 bridgehead atoms. The number of Topliss-reactive ketones (excluding diaryl/α,β-unsaturated/α-hetero) is 1. The number of rotatable bonds is 6. The third kappa shape index (κ3) is 4.21. The molecule has 2 N–H and O–H groups in total. The van der Waals surface area contributed by atoms with Crippen LogP contribution >= 0.6 is 0 Å². The van der Waals surface area contributed by atoms with Crippen LogP contribution in [0.25, 0.3) is 5.76 Å². The van der Waals surface area contributed by atoms with Gasteiger partial charge >= 0.3 is 5.97 Å². The minimum absolute atomic E-state index is 0.0333. The molecule has 1 aliphatic heterocycles. The molecule has 33 heavy (non-hydrogen) atoms. The van der Waals surface area contributed by atoms with Crippen molar-refractivity contribution in [3.05, 3.63) is 101 Å². The first-order valence-electron chi connectivity index (χ1n) is 10.2. The van der Waals surface area contributed by atoms with Crippen molar-refractivity contribution in [3.63, 3.8) is 0 Å². The largest absolute Gasteiger partial charge is 0.507 e. The van der Waals surface area contributed by atoms with Gasteiger partial charge in [-0.1, -0.05) is 54.6 Å². The zero-order chi connectivity index (χ0) is 23.5. The maximum Gasteiger partial charge on any atom is 0.307 e. The first-order valence-corrected chi connectivity index (χ1v) is 10.2. The first-order chi connectivity index (χ1) is 15.9. The number of hydrogen-bond acceptors (Lipinski definition) is 5. The summed E-state index contributed by atoms with van der Waals surface area (Å²) in [6, 6.07) is 21.0. The van der Waals surface area contributed by atoms with Gasteiger partial charge in [-0.3, -0.25) is 19.3 Å². The number of carboxylic acid groups (broad SMARTS) is 1. The summed E-state index contributed by atoms with van der Waals surface area (Å²) < 4.78 is 5.32. The minimum Gasteiger partial charge on any atom is -0.507 e. The van der Waals surface area contributed by atoms with Gasteiger partial charge in [0.1, 0.15) is 11.5 Å². The number of aliphatic carboxylic acids is 1. The van der Waals surface area contributed by atoms with Gasteiger partial charge in [0.2, 0.25) is 0 Å². The van der Waals surface area contributed by atoms with Gasteiger partial charge in [0.25, 0.3) is 11.7 Å². The second kappa shape index (κ2) is 9.00. The van der Waals surface area contributed by atoms with E-state index in [9.17, 15) is 19.5 Å². The summed E-state index contributed by atoms with van der Waals surface area (Å²) in [5, 5.41) is 20.1. The summed E-state index contributed by atoms with van der Waals surface area (Å²) in [6.45, 7) is 0. The molecule has 4 rings (SSSR count). The fraction of sp³-hybridized carbons (Fsp3) is 0.115. The maximum absolute atomic E-state index is 13.2. The summed E-state index contributed by atoms with van der Waals surface area (Å²) in [7, 11) is 1.52. The highest BCUT2D eigenvalue weighted by atomic mass is 16.5. The van der Waals surface area contributed by atoms with Gasteiger partial charge in [0.15, 0.2) is 0 Å². The fourth-order valence-corrected chi connectivity index (χ4v) is 3.93. The molecule has 0 radical (unpaired) electrons. The van der Waals surface area contributed by atoms with Crippen LogP contribution in [0.15, 0.2) is 84.4 Å². The van der Waals surface area contributed by atoms with E-state index in [0.29, 0.717) is 28.1 Å². The first kappa shape index (κ1) is 21.8. The van der Waals surface area contributed by atoms with Crippen LogP contribution in [0.2, 0.25) is 0 Å². The van der Waals surface area contributed by atoms with Crippen LogP contribution < -0.4 is 9.64 Å². The van der Waals surface area contributed by atoms with Crippen LogP contribution in [-0.2, 0) is 20.8 Å². The molecule has 0 saturated carbocycles. The SMILES string of the molecule is COc1cccc(C2/C(=C(/O)c3ccccc3)C(=O)C(=O)N2c2ccc(CC(=O)O)cc2)c1. The van der Waals surface area contributed by atoms with Crippen molar-refractivity contribution in [1.82, 2.24) is 0 Å². The average Bonchev–Trinajstić information content (AvgIpc) is 3.10. The Hall–Kier alpha value is -4.39. The highest BCUT2D eigenvalue weighted by Crippen LogP contribution is 2.42. The zero-order valence-corrected chi connectivity index (χ0v) is 17.8. The number of ether oxygens (including phenoxy) is 1. The van der Waals surface area contributed by atoms with Crippen molar-refractivity contribution in [2.45, 2.75) is 12.5 Å². The van der Waals surface area contributed by atoms with Crippen LogP contribution in [-0.4, -0.2) is 35.0 Å². The Balaban J connectivity index is 1.88. The van der Waals surface area contributed by atoms with Crippen LogP contribution in [0.1, 0.15) is 22.7 Å². The van der Waals surface area contributed by atoms with Crippen molar-refractivity contribution < 1.29 is 29.3 Å². The van der Waals surface area contributed by atoms with E-state index in [2.05, 4.69) is 0 Å². The van der Waals surface area contributed by atoms with Gasteiger partial charge in [-0.25, -0.2) is 0 Å². The van der Waals surface area contributed by atoms with Crippen LogP contribution in [0, 0.1) is 0 Å². The number of hydrogen-bond donors (Lipinski definition) is 2. The summed E-state index contributed by atoms with van der Waals surface area (Å²) in [5.41, 5.74) is 1.94. The number of anilines is 1. The Morgan fingerprint density at radius 2 is 1.64 bits per heavy atom. The standard InChI is InChI=1S/C26H21NO6/c1-33-20-9-5-8-18(15-20)23-22(24(30)17-6-3-2-4-7-17)25(31)26(32)27(23)19-12-10-16(11-13-19)14-21(28)29/h2-13,15,23,30H,14H2,1H3,(H,28,29)/b24-22-. The molecule has 3 aromatic rings. The molecule has 7 nitrogen and oxygen atoms in total. The lowest BCUT2D eigenvalue weighted by molar-refractivity contribution is -0.136. The maximum atomic E-state index is 13.2. The number of carbonyl (C=O) groups is 3. The molecule has 7 heteroatoms. The van der Waals surface area contributed by atoms with Gasteiger partial charge in [-0.2, -0.15) is 0 Å². The Kier molecular flexibility index (Phi) is 5.95. The molecule has 166 valence electrons. The van der Waals surface area contributed by atoms with E-state index in [1.54, 1.807) is 78.9 Å². The van der Waals surface area contributed by atoms with E-state index < -0.39 is 23.7 Å². The second-order valence-corrected chi connectivity index (χ2v) is 7.55. The molecule has 3 aromatic carbocycles. The fourth-order valence-electron chi connectivity index (χ4n) is 3.93. The predicted molar refractivity (Wildman–Crippen MR) is 122 cm³/mol. The van der Waals surface area contributed by atoms with Crippen LogP contribution in [0.3, 0.4) is 0 Å². The molecule has 0 aromatic heterocycles. The average molecular weight is 443 g/mol. The van der Waals surface area contributed by atoms with E-state index in [4.69, 9.17) is 9.84 Å². The zero-order valence-electron chi connectivity index (χ0n) is 17.8. The summed E-state index contributed by atoms with van der Waals surface area (Å²) in [6.07, 6.45) is -0.160. The number of ketones is 1. The number of carbonyl (C=O) groups excluding carboxylic acids is 2. The van der Waals surface area contributed by atoms with E-state index >= 15 is 0 Å². The summed E-state index contributed by atoms with van der Waals surface area (Å²) >= 11 is 0. The summed E-state index contributed by atoms with van der Waals surface area (Å²) in [4.78, 5) is 38.6. The molecule has 0 spiro atoms. The van der Waals surface area contributed by atoms with Crippen molar-refractivity contribution in [1.29, 1.82) is 0 Å². The van der Waals surface area contributed by atoms with E-state index in [1.165, 1.54) is 12.0 Å². The third-order valence-corrected chi connectivity index (χ3v) is 5.47. The number of methoxy groups -OCH3 is 1. The molecule has 1 fully saturated rings. The smallest absolute Gasteiger partial charge is 0.307 e. The molecule has 1 saturated heterocycles. The third-order valence-electron chi connectivity index (χ3n) is 5.47. The van der Waals surface area contributed by atoms with Gasteiger partial charge in [-0.15, -0.1) is 0 Å². The Labute approximate surface area is 190 Å². The van der Waals surface area contributed by atoms with E-state index in [-0.39, 0.29) is 17.8 Å². The molecular weight excluding hydrogens is 422 g/mol. The van der Waals surface area contributed by atoms with Gasteiger partial charge in [0, 0.05) is 11.3 Å². The van der Waals surface area contributed by atoms with E-state index in [1.807, 2.05) is 0 Å². The molecular formula is C26H21NO6. The minimum atomic E-state index is -0.970. The molecule has 0 aliphatic carbocycles. The number of benzene rings is 3. The highest BCUT2D eigenvalue weighted by molar-refractivity contribution is 6.51. The van der Waals surface area contributed by atoms with Crippen molar-refractivity contribution in [2.75, 3.05) is 12.0 Å². The summed E-state index contributed by atoms with van der Waals surface area (Å²) in [5.74, 6) is -2.30. The number of carboxylic acids is 1. The number of aliphatic hydroxyl groups excluding tert-OH is 1. The Morgan fingerprint density at radius 3 is 2.27 bits per heavy atom. The van der Waals surface area contributed by atoms with Gasteiger partial charge in [0.05, 0.1) is 25.1 Å². The number of aliphatic hydroxyl groups is 1. The molecule has 1 unspecified atom stereocenters. The lowest BCUT2D eigenvalue weighted by Crippen LogP contribution is -2.29. The van der Waals surface area contributed by atoms with E-state index in [0.717, 1.165) is 0 Å². The predicted octanol–water partition coefficient (Wildman–Crippen LogP) is 3.95. The Morgan fingerprint density at radius 1 is 0.939 bits per heavy atom. The second-order valence-electron chi connectivity index (χ2n) is 7.55. The molecule has 1 aliphatic rings.